The van der Waals surface area contributed by atoms with E-state index in [-0.39, 0.29) is 22.8 Å². The van der Waals surface area contributed by atoms with Crippen LogP contribution >= 0.6 is 11.3 Å². The number of aryl methyl sites for hydroxylation is 3. The van der Waals surface area contributed by atoms with Gasteiger partial charge in [-0.25, -0.2) is 9.97 Å². The highest BCUT2D eigenvalue weighted by Crippen LogP contribution is 2.46. The fourth-order valence-corrected chi connectivity index (χ4v) is 6.37. The molecule has 0 bridgehead atoms. The first-order valence-electron chi connectivity index (χ1n) is 12.2. The van der Waals surface area contributed by atoms with Crippen LogP contribution in [0.5, 0.6) is 11.5 Å². The molecule has 6 rings (SSSR count). The van der Waals surface area contributed by atoms with Gasteiger partial charge >= 0.3 is 5.91 Å². The Balaban J connectivity index is 1.63. The number of phenols is 1. The molecule has 1 fully saturated rings. The molecule has 1 atom stereocenters. The Kier molecular flexibility index (Phi) is 5.65. The molecule has 1 aliphatic rings. The van der Waals surface area contributed by atoms with Crippen LogP contribution < -0.4 is 9.64 Å². The second kappa shape index (κ2) is 8.95. The topological polar surface area (TPSA) is 117 Å². The summed E-state index contributed by atoms with van der Waals surface area (Å²) in [5, 5.41) is 22.3. The molecule has 196 valence electrons. The fourth-order valence-electron chi connectivity index (χ4n) is 5.20. The lowest BCUT2D eigenvalue weighted by Gasteiger charge is -2.23. The average molecular weight is 541 g/mol. The van der Waals surface area contributed by atoms with Crippen molar-refractivity contribution in [2.24, 2.45) is 0 Å². The van der Waals surface area contributed by atoms with Crippen molar-refractivity contribution in [2.45, 2.75) is 26.8 Å². The van der Waals surface area contributed by atoms with Crippen molar-refractivity contribution in [3.8, 4) is 11.5 Å². The highest BCUT2D eigenvalue weighted by atomic mass is 32.1. The number of hydrogen-bond acceptors (Lipinski definition) is 8. The van der Waals surface area contributed by atoms with Crippen LogP contribution in [-0.4, -0.2) is 43.4 Å². The molecule has 4 heterocycles. The molecule has 1 aliphatic heterocycles. The quantitative estimate of drug-likeness (QED) is 0.183. The SMILES string of the molecule is COc1cc(C2C(=C(O)c3c(C)nc4ccccn34)C(=O)C(=O)N2c2nc3c(C)cc(C)cc3s2)ccc1O. The molecular formula is C29H24N4O5S. The molecule has 0 aliphatic carbocycles. The third-order valence-corrected chi connectivity index (χ3v) is 7.92. The smallest absolute Gasteiger partial charge is 0.301 e. The number of phenolic OH excluding ortho intramolecular Hbond substituents is 1. The number of thiazole rings is 1. The predicted molar refractivity (Wildman–Crippen MR) is 148 cm³/mol. The maximum atomic E-state index is 13.7. The van der Waals surface area contributed by atoms with Gasteiger partial charge in [0.15, 0.2) is 22.4 Å². The van der Waals surface area contributed by atoms with E-state index < -0.39 is 17.7 Å². The summed E-state index contributed by atoms with van der Waals surface area (Å²) in [4.78, 5) is 37.9. The van der Waals surface area contributed by atoms with Crippen LogP contribution in [0.1, 0.15) is 34.1 Å². The van der Waals surface area contributed by atoms with Gasteiger partial charge in [0, 0.05) is 6.20 Å². The zero-order chi connectivity index (χ0) is 27.6. The van der Waals surface area contributed by atoms with Crippen LogP contribution in [0, 0.1) is 20.8 Å². The molecule has 1 amide bonds. The number of imidazole rings is 1. The summed E-state index contributed by atoms with van der Waals surface area (Å²) in [6.45, 7) is 5.66. The van der Waals surface area contributed by atoms with Gasteiger partial charge in [0.2, 0.25) is 0 Å². The van der Waals surface area contributed by atoms with Gasteiger partial charge in [-0.2, -0.15) is 0 Å². The number of Topliss-reactive ketones (excluding diaryl/α,β-unsaturated/α-hetero) is 1. The molecule has 2 N–H and O–H groups in total. The largest absolute Gasteiger partial charge is 0.505 e. The number of methoxy groups -OCH3 is 1. The average Bonchev–Trinajstić information content (AvgIpc) is 3.55. The lowest BCUT2D eigenvalue weighted by molar-refractivity contribution is -0.132. The van der Waals surface area contributed by atoms with E-state index >= 15 is 0 Å². The number of amides is 1. The Labute approximate surface area is 227 Å². The van der Waals surface area contributed by atoms with Crippen molar-refractivity contribution in [2.75, 3.05) is 12.0 Å². The molecule has 3 aromatic heterocycles. The summed E-state index contributed by atoms with van der Waals surface area (Å²) in [5.74, 6) is -1.94. The van der Waals surface area contributed by atoms with E-state index in [4.69, 9.17) is 9.72 Å². The Morgan fingerprint density at radius 1 is 1.05 bits per heavy atom. The van der Waals surface area contributed by atoms with Crippen LogP contribution in [0.15, 0.2) is 60.3 Å². The molecule has 1 unspecified atom stereocenters. The summed E-state index contributed by atoms with van der Waals surface area (Å²) in [5.41, 5.74) is 4.51. The van der Waals surface area contributed by atoms with E-state index in [2.05, 4.69) is 4.98 Å². The third-order valence-electron chi connectivity index (χ3n) is 6.92. The maximum Gasteiger partial charge on any atom is 0.301 e. The number of nitrogens with zero attached hydrogens (tertiary/aromatic N) is 4. The number of aliphatic hydroxyl groups is 1. The summed E-state index contributed by atoms with van der Waals surface area (Å²) >= 11 is 1.30. The van der Waals surface area contributed by atoms with Gasteiger partial charge in [-0.1, -0.05) is 29.5 Å². The standard InChI is InChI=1S/C29H24N4O5S/c1-14-11-15(2)23-20(12-14)39-29(31-23)33-25(17-8-9-18(34)19(13-17)38-4)22(27(36)28(33)37)26(35)24-16(3)30-21-7-5-6-10-32(21)24/h5-13,25,34-35H,1-4H3. The lowest BCUT2D eigenvalue weighted by Crippen LogP contribution is -2.29. The van der Waals surface area contributed by atoms with Gasteiger partial charge in [0.25, 0.3) is 5.78 Å². The number of ether oxygens (including phenoxy) is 1. The van der Waals surface area contributed by atoms with E-state index in [1.165, 1.54) is 29.4 Å². The number of fused-ring (bicyclic) bond motifs is 2. The fraction of sp³-hybridized carbons (Fsp3) is 0.172. The van der Waals surface area contributed by atoms with Crippen molar-refractivity contribution in [1.82, 2.24) is 14.4 Å². The van der Waals surface area contributed by atoms with Gasteiger partial charge in [0.05, 0.1) is 34.6 Å². The van der Waals surface area contributed by atoms with Gasteiger partial charge in [0.1, 0.15) is 11.3 Å². The number of benzene rings is 2. The normalized spacial score (nSPS) is 17.0. The molecule has 2 aromatic carbocycles. The number of ketones is 1. The lowest BCUT2D eigenvalue weighted by atomic mass is 9.96. The minimum atomic E-state index is -1.03. The highest BCUT2D eigenvalue weighted by molar-refractivity contribution is 7.22. The molecule has 0 radical (unpaired) electrons. The first-order chi connectivity index (χ1) is 18.7. The monoisotopic (exact) mass is 540 g/mol. The van der Waals surface area contributed by atoms with Crippen molar-refractivity contribution < 1.29 is 24.5 Å². The Bertz CT molecular complexity index is 1870. The minimum absolute atomic E-state index is 0.0954. The van der Waals surface area contributed by atoms with Crippen molar-refractivity contribution in [1.29, 1.82) is 0 Å². The van der Waals surface area contributed by atoms with Crippen LogP contribution in [0.25, 0.3) is 21.6 Å². The first kappa shape index (κ1) is 24.6. The first-order valence-corrected chi connectivity index (χ1v) is 13.0. The highest BCUT2D eigenvalue weighted by Gasteiger charge is 2.49. The Morgan fingerprint density at radius 3 is 2.62 bits per heavy atom. The van der Waals surface area contributed by atoms with E-state index in [1.807, 2.05) is 32.0 Å². The number of carbonyl (C=O) groups excluding carboxylic acids is 2. The van der Waals surface area contributed by atoms with Crippen LogP contribution in [0.3, 0.4) is 0 Å². The van der Waals surface area contributed by atoms with Crippen molar-refractivity contribution in [3.63, 3.8) is 0 Å². The summed E-state index contributed by atoms with van der Waals surface area (Å²) in [7, 11) is 1.41. The Hall–Kier alpha value is -4.70. The molecular weight excluding hydrogens is 516 g/mol. The summed E-state index contributed by atoms with van der Waals surface area (Å²) in [6.07, 6.45) is 1.73. The predicted octanol–water partition coefficient (Wildman–Crippen LogP) is 5.21. The van der Waals surface area contributed by atoms with E-state index in [0.717, 1.165) is 21.3 Å². The second-order valence-corrected chi connectivity index (χ2v) is 10.5. The molecule has 39 heavy (non-hydrogen) atoms. The van der Waals surface area contributed by atoms with Crippen molar-refractivity contribution >= 4 is 49.8 Å². The van der Waals surface area contributed by atoms with Crippen molar-refractivity contribution in [3.05, 3.63) is 88.4 Å². The number of aromatic hydroxyl groups is 1. The number of carbonyl (C=O) groups is 2. The molecule has 0 spiro atoms. The van der Waals surface area contributed by atoms with Crippen LogP contribution in [0.4, 0.5) is 5.13 Å². The summed E-state index contributed by atoms with van der Waals surface area (Å²) < 4.78 is 7.87. The number of pyridine rings is 1. The van der Waals surface area contributed by atoms with Gasteiger partial charge in [-0.3, -0.25) is 18.9 Å². The molecule has 9 nitrogen and oxygen atoms in total. The van der Waals surface area contributed by atoms with Gasteiger partial charge in [-0.05, 0) is 67.8 Å². The van der Waals surface area contributed by atoms with Gasteiger partial charge in [-0.15, -0.1) is 0 Å². The number of rotatable bonds is 4. The zero-order valence-corrected chi connectivity index (χ0v) is 22.4. The maximum absolute atomic E-state index is 13.7. The van der Waals surface area contributed by atoms with E-state index in [9.17, 15) is 19.8 Å². The number of aromatic nitrogens is 3. The van der Waals surface area contributed by atoms with Gasteiger partial charge < -0.3 is 14.9 Å². The Morgan fingerprint density at radius 2 is 1.85 bits per heavy atom. The molecule has 0 saturated carbocycles. The van der Waals surface area contributed by atoms with E-state index in [0.29, 0.717) is 27.7 Å². The molecule has 5 aromatic rings. The number of anilines is 1. The minimum Gasteiger partial charge on any atom is -0.505 e. The summed E-state index contributed by atoms with van der Waals surface area (Å²) in [6, 6.07) is 12.9. The molecule has 10 heteroatoms. The number of hydrogen-bond donors (Lipinski definition) is 2. The second-order valence-electron chi connectivity index (χ2n) is 9.50. The van der Waals surface area contributed by atoms with E-state index in [1.54, 1.807) is 41.8 Å². The third kappa shape index (κ3) is 3.75. The zero-order valence-electron chi connectivity index (χ0n) is 21.6. The van der Waals surface area contributed by atoms with Crippen LogP contribution in [-0.2, 0) is 9.59 Å². The number of aliphatic hydroxyl groups excluding tert-OH is 1. The van der Waals surface area contributed by atoms with Crippen LogP contribution in [0.2, 0.25) is 0 Å². The molecule has 1 saturated heterocycles.